The molecule has 122 valence electrons. The van der Waals surface area contributed by atoms with Crippen LogP contribution < -0.4 is 10.5 Å². The number of hydrogen-bond acceptors (Lipinski definition) is 5. The molecule has 0 amide bonds. The van der Waals surface area contributed by atoms with Crippen molar-refractivity contribution in [2.45, 2.75) is 6.92 Å². The van der Waals surface area contributed by atoms with E-state index in [9.17, 15) is 4.79 Å². The maximum atomic E-state index is 11.7. The zero-order valence-electron chi connectivity index (χ0n) is 13.6. The monoisotopic (exact) mass is 314 g/mol. The van der Waals surface area contributed by atoms with Crippen molar-refractivity contribution in [3.63, 3.8) is 0 Å². The zero-order valence-corrected chi connectivity index (χ0v) is 13.6. The molecule has 0 aromatic carbocycles. The van der Waals surface area contributed by atoms with Crippen LogP contribution in [0.1, 0.15) is 12.7 Å². The second-order valence-corrected chi connectivity index (χ2v) is 5.94. The standard InChI is InChI=1S/C17H22N4O2/c1-14(10-16-4-3-9-23-16)13-20-5-7-21(8-6-20)15-11-17(22)19(2)18-12-15/h3-4,9-12H,5-8,13H2,1-2H3/b14-10+. The van der Waals surface area contributed by atoms with E-state index in [2.05, 4.69) is 27.9 Å². The third-order valence-electron chi connectivity index (χ3n) is 4.10. The number of nitrogens with zero attached hydrogens (tertiary/aromatic N) is 4. The summed E-state index contributed by atoms with van der Waals surface area (Å²) in [5.74, 6) is 0.896. The molecule has 2 aromatic heterocycles. The Kier molecular flexibility index (Phi) is 4.62. The summed E-state index contributed by atoms with van der Waals surface area (Å²) in [5, 5.41) is 4.09. The highest BCUT2D eigenvalue weighted by Gasteiger charge is 2.18. The largest absolute Gasteiger partial charge is 0.465 e. The summed E-state index contributed by atoms with van der Waals surface area (Å²) in [6, 6.07) is 5.52. The Balaban J connectivity index is 1.56. The highest BCUT2D eigenvalue weighted by Crippen LogP contribution is 2.14. The quantitative estimate of drug-likeness (QED) is 0.858. The fourth-order valence-electron chi connectivity index (χ4n) is 2.81. The van der Waals surface area contributed by atoms with Gasteiger partial charge in [-0.15, -0.1) is 0 Å². The maximum absolute atomic E-state index is 11.7. The van der Waals surface area contributed by atoms with E-state index in [-0.39, 0.29) is 5.56 Å². The summed E-state index contributed by atoms with van der Waals surface area (Å²) >= 11 is 0. The van der Waals surface area contributed by atoms with Gasteiger partial charge in [-0.25, -0.2) is 4.68 Å². The average Bonchev–Trinajstić information content (AvgIpc) is 3.03. The molecule has 0 N–H and O–H groups in total. The molecule has 0 aliphatic carbocycles. The lowest BCUT2D eigenvalue weighted by Crippen LogP contribution is -2.47. The van der Waals surface area contributed by atoms with E-state index in [1.807, 2.05) is 12.1 Å². The number of rotatable bonds is 4. The summed E-state index contributed by atoms with van der Waals surface area (Å²) in [4.78, 5) is 16.3. The third kappa shape index (κ3) is 3.90. The van der Waals surface area contributed by atoms with Crippen LogP contribution in [-0.2, 0) is 7.05 Å². The first-order valence-corrected chi connectivity index (χ1v) is 7.83. The lowest BCUT2D eigenvalue weighted by molar-refractivity contribution is 0.278. The highest BCUT2D eigenvalue weighted by atomic mass is 16.3. The van der Waals surface area contributed by atoms with Crippen LogP contribution in [0.25, 0.3) is 6.08 Å². The van der Waals surface area contributed by atoms with Gasteiger partial charge in [-0.05, 0) is 25.1 Å². The van der Waals surface area contributed by atoms with Crippen molar-refractivity contribution < 1.29 is 4.42 Å². The second-order valence-electron chi connectivity index (χ2n) is 5.94. The van der Waals surface area contributed by atoms with Crippen LogP contribution in [0.2, 0.25) is 0 Å². The van der Waals surface area contributed by atoms with Gasteiger partial charge in [-0.1, -0.05) is 5.57 Å². The van der Waals surface area contributed by atoms with Crippen LogP contribution >= 0.6 is 0 Å². The minimum Gasteiger partial charge on any atom is -0.465 e. The van der Waals surface area contributed by atoms with Gasteiger partial charge in [0.25, 0.3) is 5.56 Å². The number of anilines is 1. The molecule has 3 rings (SSSR count). The van der Waals surface area contributed by atoms with E-state index in [4.69, 9.17) is 4.42 Å². The van der Waals surface area contributed by atoms with Gasteiger partial charge in [-0.3, -0.25) is 9.69 Å². The summed E-state index contributed by atoms with van der Waals surface area (Å²) in [6.45, 7) is 6.81. The van der Waals surface area contributed by atoms with E-state index >= 15 is 0 Å². The molecule has 0 atom stereocenters. The Morgan fingerprint density at radius 3 is 2.78 bits per heavy atom. The molecule has 0 radical (unpaired) electrons. The normalized spacial score (nSPS) is 16.8. The Bertz CT molecular complexity index is 725. The molecule has 1 aliphatic rings. The van der Waals surface area contributed by atoms with Gasteiger partial charge >= 0.3 is 0 Å². The van der Waals surface area contributed by atoms with Crippen LogP contribution in [0.4, 0.5) is 5.69 Å². The topological polar surface area (TPSA) is 54.5 Å². The van der Waals surface area contributed by atoms with Gasteiger partial charge in [0.1, 0.15) is 5.76 Å². The van der Waals surface area contributed by atoms with Crippen molar-refractivity contribution >= 4 is 11.8 Å². The smallest absolute Gasteiger partial charge is 0.268 e. The number of aryl methyl sites for hydroxylation is 1. The molecule has 23 heavy (non-hydrogen) atoms. The first-order valence-electron chi connectivity index (χ1n) is 7.83. The van der Waals surface area contributed by atoms with Gasteiger partial charge in [0.15, 0.2) is 0 Å². The number of hydrogen-bond donors (Lipinski definition) is 0. The number of piperazine rings is 1. The predicted octanol–water partition coefficient (Wildman–Crippen LogP) is 1.60. The van der Waals surface area contributed by atoms with E-state index in [0.29, 0.717) is 0 Å². The molecular weight excluding hydrogens is 292 g/mol. The molecule has 2 aromatic rings. The van der Waals surface area contributed by atoms with E-state index < -0.39 is 0 Å². The van der Waals surface area contributed by atoms with Gasteiger partial charge in [0, 0.05) is 45.8 Å². The second kappa shape index (κ2) is 6.83. The molecule has 3 heterocycles. The number of aromatic nitrogens is 2. The van der Waals surface area contributed by atoms with Gasteiger partial charge in [0.05, 0.1) is 18.1 Å². The van der Waals surface area contributed by atoms with Crippen LogP contribution in [-0.4, -0.2) is 47.4 Å². The predicted molar refractivity (Wildman–Crippen MR) is 90.5 cm³/mol. The number of furan rings is 1. The molecule has 6 nitrogen and oxygen atoms in total. The van der Waals surface area contributed by atoms with E-state index in [0.717, 1.165) is 44.2 Å². The Morgan fingerprint density at radius 1 is 1.35 bits per heavy atom. The van der Waals surface area contributed by atoms with Crippen LogP contribution in [0.5, 0.6) is 0 Å². The van der Waals surface area contributed by atoms with Crippen molar-refractivity contribution in [3.05, 3.63) is 52.3 Å². The molecular formula is C17H22N4O2. The van der Waals surface area contributed by atoms with Gasteiger partial charge in [-0.2, -0.15) is 5.10 Å². The lowest BCUT2D eigenvalue weighted by Gasteiger charge is -2.36. The Labute approximate surface area is 135 Å². The Morgan fingerprint density at radius 2 is 2.13 bits per heavy atom. The summed E-state index contributed by atoms with van der Waals surface area (Å²) in [7, 11) is 1.66. The minimum absolute atomic E-state index is 0.0674. The summed E-state index contributed by atoms with van der Waals surface area (Å²) in [5.41, 5.74) is 2.13. The van der Waals surface area contributed by atoms with Crippen molar-refractivity contribution in [1.29, 1.82) is 0 Å². The van der Waals surface area contributed by atoms with Crippen molar-refractivity contribution in [2.24, 2.45) is 7.05 Å². The van der Waals surface area contributed by atoms with E-state index in [1.165, 1.54) is 10.3 Å². The molecule has 1 fully saturated rings. The average molecular weight is 314 g/mol. The summed E-state index contributed by atoms with van der Waals surface area (Å²) < 4.78 is 6.70. The van der Waals surface area contributed by atoms with Crippen LogP contribution in [0.15, 0.2) is 45.4 Å². The SMILES string of the molecule is C/C(=C\c1ccco1)CN1CCN(c2cnn(C)c(=O)c2)CC1. The minimum atomic E-state index is -0.0674. The molecule has 1 aliphatic heterocycles. The lowest BCUT2D eigenvalue weighted by atomic mass is 10.2. The molecule has 0 saturated carbocycles. The molecule has 0 bridgehead atoms. The van der Waals surface area contributed by atoms with Gasteiger partial charge < -0.3 is 9.32 Å². The zero-order chi connectivity index (χ0) is 16.2. The first kappa shape index (κ1) is 15.6. The molecule has 0 unspecified atom stereocenters. The fraction of sp³-hybridized carbons (Fsp3) is 0.412. The van der Waals surface area contributed by atoms with Crippen LogP contribution in [0, 0.1) is 0 Å². The Hall–Kier alpha value is -2.34. The van der Waals surface area contributed by atoms with Gasteiger partial charge in [0.2, 0.25) is 0 Å². The molecule has 6 heteroatoms. The maximum Gasteiger partial charge on any atom is 0.268 e. The van der Waals surface area contributed by atoms with Crippen molar-refractivity contribution in [3.8, 4) is 0 Å². The first-order chi connectivity index (χ1) is 11.1. The van der Waals surface area contributed by atoms with Crippen molar-refractivity contribution in [2.75, 3.05) is 37.6 Å². The van der Waals surface area contributed by atoms with E-state index in [1.54, 1.807) is 25.6 Å². The summed E-state index contributed by atoms with van der Waals surface area (Å²) in [6.07, 6.45) is 5.53. The third-order valence-corrected chi connectivity index (χ3v) is 4.10. The van der Waals surface area contributed by atoms with Crippen molar-refractivity contribution in [1.82, 2.24) is 14.7 Å². The molecule has 1 saturated heterocycles. The highest BCUT2D eigenvalue weighted by molar-refractivity contribution is 5.47. The van der Waals surface area contributed by atoms with Crippen LogP contribution in [0.3, 0.4) is 0 Å². The molecule has 0 spiro atoms. The fourth-order valence-corrected chi connectivity index (χ4v) is 2.81.